The molecule has 2 rings (SSSR count). The molecule has 1 amide bonds. The van der Waals surface area contributed by atoms with Crippen LogP contribution in [0.3, 0.4) is 0 Å². The van der Waals surface area contributed by atoms with Crippen LogP contribution in [-0.4, -0.2) is 29.9 Å². The van der Waals surface area contributed by atoms with Crippen LogP contribution in [0.25, 0.3) is 6.08 Å². The van der Waals surface area contributed by atoms with Crippen LogP contribution in [0, 0.1) is 11.7 Å². The Labute approximate surface area is 119 Å². The van der Waals surface area contributed by atoms with Gasteiger partial charge in [-0.3, -0.25) is 4.79 Å². The highest BCUT2D eigenvalue weighted by Crippen LogP contribution is 2.19. The largest absolute Gasteiger partial charge is 0.339 e. The lowest BCUT2D eigenvalue weighted by atomic mass is 9.90. The average Bonchev–Trinajstić information content (AvgIpc) is 2.47. The van der Waals surface area contributed by atoms with Crippen molar-refractivity contribution in [2.45, 2.75) is 25.8 Å². The average molecular weight is 276 g/mol. The van der Waals surface area contributed by atoms with Crippen LogP contribution >= 0.6 is 0 Å². The highest BCUT2D eigenvalue weighted by molar-refractivity contribution is 5.91. The van der Waals surface area contributed by atoms with Crippen LogP contribution in [0.2, 0.25) is 0 Å². The zero-order valence-corrected chi connectivity index (χ0v) is 11.8. The van der Waals surface area contributed by atoms with Crippen molar-refractivity contribution in [2.24, 2.45) is 11.7 Å². The zero-order chi connectivity index (χ0) is 14.5. The normalized spacial score (nSPS) is 23.2. The first kappa shape index (κ1) is 14.7. The molecule has 2 unspecified atom stereocenters. The summed E-state index contributed by atoms with van der Waals surface area (Å²) in [5.74, 6) is 0.107. The van der Waals surface area contributed by atoms with Crippen LogP contribution in [0.15, 0.2) is 30.3 Å². The summed E-state index contributed by atoms with van der Waals surface area (Å²) in [7, 11) is 0. The molecule has 1 aliphatic rings. The Morgan fingerprint density at radius 1 is 1.45 bits per heavy atom. The molecule has 0 spiro atoms. The van der Waals surface area contributed by atoms with Crippen molar-refractivity contribution >= 4 is 12.0 Å². The van der Waals surface area contributed by atoms with Gasteiger partial charge in [-0.25, -0.2) is 4.39 Å². The zero-order valence-electron chi connectivity index (χ0n) is 11.8. The summed E-state index contributed by atoms with van der Waals surface area (Å²) < 4.78 is 12.8. The number of nitrogens with zero attached hydrogens (tertiary/aromatic N) is 1. The number of hydrogen-bond acceptors (Lipinski definition) is 2. The van der Waals surface area contributed by atoms with Crippen molar-refractivity contribution in [1.29, 1.82) is 0 Å². The Morgan fingerprint density at radius 3 is 2.80 bits per heavy atom. The molecule has 2 atom stereocenters. The number of carbonyl (C=O) groups excluding carboxylic acids is 1. The summed E-state index contributed by atoms with van der Waals surface area (Å²) in [4.78, 5) is 14.0. The molecule has 0 aromatic heterocycles. The van der Waals surface area contributed by atoms with E-state index in [0.717, 1.165) is 24.9 Å². The first-order chi connectivity index (χ1) is 9.60. The summed E-state index contributed by atoms with van der Waals surface area (Å²) >= 11 is 0. The number of carbonyl (C=O) groups is 1. The highest BCUT2D eigenvalue weighted by atomic mass is 19.1. The van der Waals surface area contributed by atoms with Crippen LogP contribution in [0.1, 0.15) is 25.3 Å². The molecule has 4 heteroatoms. The van der Waals surface area contributed by atoms with Crippen molar-refractivity contribution in [2.75, 3.05) is 13.1 Å². The second-order valence-electron chi connectivity index (χ2n) is 5.29. The second-order valence-corrected chi connectivity index (χ2v) is 5.29. The maximum Gasteiger partial charge on any atom is 0.246 e. The van der Waals surface area contributed by atoms with E-state index in [-0.39, 0.29) is 17.8 Å². The SMILES string of the molecule is CCC1CN(C(=O)/C=C/c2ccc(F)cc2)CCC1N. The number of halogens is 1. The van der Waals surface area contributed by atoms with Crippen molar-refractivity contribution in [1.82, 2.24) is 4.90 Å². The van der Waals surface area contributed by atoms with Crippen molar-refractivity contribution in [3.05, 3.63) is 41.7 Å². The monoisotopic (exact) mass is 276 g/mol. The lowest BCUT2D eigenvalue weighted by molar-refractivity contribution is -0.127. The number of nitrogens with two attached hydrogens (primary N) is 1. The molecule has 0 radical (unpaired) electrons. The van der Waals surface area contributed by atoms with Gasteiger partial charge < -0.3 is 10.6 Å². The van der Waals surface area contributed by atoms with Gasteiger partial charge in [-0.1, -0.05) is 25.5 Å². The van der Waals surface area contributed by atoms with E-state index in [4.69, 9.17) is 5.73 Å². The standard InChI is InChI=1S/C16H21FN2O/c1-2-13-11-19(10-9-15(13)18)16(20)8-5-12-3-6-14(17)7-4-12/h3-8,13,15H,2,9-11,18H2,1H3/b8-5+. The number of hydrogen-bond donors (Lipinski definition) is 1. The first-order valence-electron chi connectivity index (χ1n) is 7.08. The molecule has 20 heavy (non-hydrogen) atoms. The Hall–Kier alpha value is -1.68. The van der Waals surface area contributed by atoms with Gasteiger partial charge in [0.25, 0.3) is 0 Å². The quantitative estimate of drug-likeness (QED) is 0.862. The Kier molecular flexibility index (Phi) is 4.90. The molecular formula is C16H21FN2O. The predicted octanol–water partition coefficient (Wildman–Crippen LogP) is 2.42. The van der Waals surface area contributed by atoms with E-state index in [2.05, 4.69) is 6.92 Å². The second kappa shape index (κ2) is 6.66. The number of amides is 1. The van der Waals surface area contributed by atoms with E-state index >= 15 is 0 Å². The topological polar surface area (TPSA) is 46.3 Å². The molecule has 1 fully saturated rings. The molecule has 2 N–H and O–H groups in total. The lowest BCUT2D eigenvalue weighted by Crippen LogP contribution is -2.48. The van der Waals surface area contributed by atoms with E-state index in [1.165, 1.54) is 12.1 Å². The van der Waals surface area contributed by atoms with Crippen LogP contribution in [-0.2, 0) is 4.79 Å². The fourth-order valence-electron chi connectivity index (χ4n) is 2.53. The molecule has 0 saturated carbocycles. The van der Waals surface area contributed by atoms with Gasteiger partial charge in [-0.05, 0) is 36.1 Å². The number of piperidine rings is 1. The molecule has 1 aliphatic heterocycles. The maximum absolute atomic E-state index is 12.8. The Balaban J connectivity index is 1.96. The molecule has 1 aromatic carbocycles. The predicted molar refractivity (Wildman–Crippen MR) is 78.4 cm³/mol. The minimum Gasteiger partial charge on any atom is -0.339 e. The van der Waals surface area contributed by atoms with Gasteiger partial charge in [0, 0.05) is 25.2 Å². The molecule has 108 valence electrons. The Bertz CT molecular complexity index is 484. The highest BCUT2D eigenvalue weighted by Gasteiger charge is 2.26. The van der Waals surface area contributed by atoms with E-state index in [1.54, 1.807) is 24.3 Å². The fraction of sp³-hybridized carbons (Fsp3) is 0.438. The third-order valence-corrected chi connectivity index (χ3v) is 3.92. The van der Waals surface area contributed by atoms with E-state index in [9.17, 15) is 9.18 Å². The van der Waals surface area contributed by atoms with Crippen LogP contribution < -0.4 is 5.73 Å². The number of likely N-dealkylation sites (tertiary alicyclic amines) is 1. The van der Waals surface area contributed by atoms with Crippen molar-refractivity contribution in [3.63, 3.8) is 0 Å². The van der Waals surface area contributed by atoms with E-state index in [1.807, 2.05) is 4.90 Å². The molecule has 1 heterocycles. The first-order valence-corrected chi connectivity index (χ1v) is 7.08. The van der Waals surface area contributed by atoms with Gasteiger partial charge in [0.1, 0.15) is 5.82 Å². The summed E-state index contributed by atoms with van der Waals surface area (Å²) in [6, 6.07) is 6.28. The van der Waals surface area contributed by atoms with E-state index in [0.29, 0.717) is 12.5 Å². The number of rotatable bonds is 3. The molecule has 1 aromatic rings. The molecule has 0 aliphatic carbocycles. The summed E-state index contributed by atoms with van der Waals surface area (Å²) in [5.41, 5.74) is 6.86. The third-order valence-electron chi connectivity index (χ3n) is 3.92. The van der Waals surface area contributed by atoms with Crippen molar-refractivity contribution in [3.8, 4) is 0 Å². The minimum atomic E-state index is -0.274. The summed E-state index contributed by atoms with van der Waals surface area (Å²) in [6.45, 7) is 3.54. The minimum absolute atomic E-state index is 0.000301. The Morgan fingerprint density at radius 2 is 2.15 bits per heavy atom. The third kappa shape index (κ3) is 3.67. The molecule has 1 saturated heterocycles. The fourth-order valence-corrected chi connectivity index (χ4v) is 2.53. The lowest BCUT2D eigenvalue weighted by Gasteiger charge is -2.36. The van der Waals surface area contributed by atoms with Gasteiger partial charge in [0.15, 0.2) is 0 Å². The van der Waals surface area contributed by atoms with Gasteiger partial charge in [0.05, 0.1) is 0 Å². The van der Waals surface area contributed by atoms with Crippen LogP contribution in [0.4, 0.5) is 4.39 Å². The number of benzene rings is 1. The molecule has 0 bridgehead atoms. The molecular weight excluding hydrogens is 255 g/mol. The van der Waals surface area contributed by atoms with Crippen LogP contribution in [0.5, 0.6) is 0 Å². The molecule has 3 nitrogen and oxygen atoms in total. The summed E-state index contributed by atoms with van der Waals surface area (Å²) in [6.07, 6.45) is 5.12. The summed E-state index contributed by atoms with van der Waals surface area (Å²) in [5, 5.41) is 0. The maximum atomic E-state index is 12.8. The van der Waals surface area contributed by atoms with Gasteiger partial charge in [0.2, 0.25) is 5.91 Å². The van der Waals surface area contributed by atoms with Gasteiger partial charge in [-0.2, -0.15) is 0 Å². The smallest absolute Gasteiger partial charge is 0.246 e. The van der Waals surface area contributed by atoms with Crippen molar-refractivity contribution < 1.29 is 9.18 Å². The van der Waals surface area contributed by atoms with Gasteiger partial charge >= 0.3 is 0 Å². The van der Waals surface area contributed by atoms with Gasteiger partial charge in [-0.15, -0.1) is 0 Å². The van der Waals surface area contributed by atoms with E-state index < -0.39 is 0 Å².